The second-order valence-electron chi connectivity index (χ2n) is 3.48. The normalized spacial score (nSPS) is 32.0. The van der Waals surface area contributed by atoms with Crippen molar-refractivity contribution < 1.29 is 0 Å². The molecule has 0 N–H and O–H groups in total. The lowest BCUT2D eigenvalue weighted by Gasteiger charge is -2.03. The lowest BCUT2D eigenvalue weighted by Crippen LogP contribution is -1.89. The maximum Gasteiger partial charge on any atom is 0.0204 e. The SMILES string of the molecule is C1=CC2\C=C/C=C\C=C\C=C/C=CC2=C1. The molecular weight excluding hydrogens is 180 g/mol. The number of rotatable bonds is 0. The van der Waals surface area contributed by atoms with Gasteiger partial charge in [0, 0.05) is 5.92 Å². The fourth-order valence-electron chi connectivity index (χ4n) is 1.59. The van der Waals surface area contributed by atoms with Crippen LogP contribution in [0, 0.1) is 5.92 Å². The molecule has 0 aliphatic heterocycles. The topological polar surface area (TPSA) is 0 Å². The summed E-state index contributed by atoms with van der Waals surface area (Å²) < 4.78 is 0. The van der Waals surface area contributed by atoms with E-state index in [9.17, 15) is 0 Å². The zero-order chi connectivity index (χ0) is 10.3. The minimum absolute atomic E-state index is 0.433. The molecule has 0 radical (unpaired) electrons. The number of hydrogen-bond donors (Lipinski definition) is 0. The van der Waals surface area contributed by atoms with Crippen LogP contribution in [-0.4, -0.2) is 0 Å². The van der Waals surface area contributed by atoms with Crippen LogP contribution in [0.3, 0.4) is 0 Å². The summed E-state index contributed by atoms with van der Waals surface area (Å²) in [4.78, 5) is 0. The van der Waals surface area contributed by atoms with Gasteiger partial charge in [-0.3, -0.25) is 0 Å². The van der Waals surface area contributed by atoms with Crippen molar-refractivity contribution in [3.05, 3.63) is 84.6 Å². The van der Waals surface area contributed by atoms with Crippen LogP contribution < -0.4 is 0 Å². The van der Waals surface area contributed by atoms with Gasteiger partial charge in [0.2, 0.25) is 0 Å². The van der Waals surface area contributed by atoms with E-state index in [2.05, 4.69) is 48.6 Å². The summed E-state index contributed by atoms with van der Waals surface area (Å²) in [5.74, 6) is 0.433. The van der Waals surface area contributed by atoms with Crippen molar-refractivity contribution in [3.63, 3.8) is 0 Å². The van der Waals surface area contributed by atoms with E-state index in [1.807, 2.05) is 30.4 Å². The summed E-state index contributed by atoms with van der Waals surface area (Å²) in [6.07, 6.45) is 27.2. The largest absolute Gasteiger partial charge is 0.0732 e. The Morgan fingerprint density at radius 1 is 0.600 bits per heavy atom. The summed E-state index contributed by atoms with van der Waals surface area (Å²) in [6, 6.07) is 0. The number of hydrogen-bond acceptors (Lipinski definition) is 0. The molecule has 0 aromatic heterocycles. The molecule has 0 aromatic carbocycles. The van der Waals surface area contributed by atoms with Gasteiger partial charge in [0.15, 0.2) is 0 Å². The smallest absolute Gasteiger partial charge is 0.0204 e. The van der Waals surface area contributed by atoms with Gasteiger partial charge in [-0.15, -0.1) is 0 Å². The second kappa shape index (κ2) is 5.16. The van der Waals surface area contributed by atoms with Gasteiger partial charge in [0.25, 0.3) is 0 Å². The summed E-state index contributed by atoms with van der Waals surface area (Å²) in [7, 11) is 0. The zero-order valence-corrected chi connectivity index (χ0v) is 8.58. The highest BCUT2D eigenvalue weighted by Gasteiger charge is 2.07. The van der Waals surface area contributed by atoms with Gasteiger partial charge in [0.05, 0.1) is 0 Å². The Labute approximate surface area is 91.0 Å². The van der Waals surface area contributed by atoms with Gasteiger partial charge >= 0.3 is 0 Å². The Balaban J connectivity index is 2.23. The minimum atomic E-state index is 0.433. The molecule has 0 saturated carbocycles. The molecule has 1 atom stereocenters. The second-order valence-corrected chi connectivity index (χ2v) is 3.48. The maximum absolute atomic E-state index is 2.20. The van der Waals surface area contributed by atoms with Gasteiger partial charge in [-0.2, -0.15) is 0 Å². The lowest BCUT2D eigenvalue weighted by molar-refractivity contribution is 1.03. The van der Waals surface area contributed by atoms with Gasteiger partial charge in [-0.25, -0.2) is 0 Å². The van der Waals surface area contributed by atoms with Crippen LogP contribution in [0.5, 0.6) is 0 Å². The fraction of sp³-hybridized carbons (Fsp3) is 0.0667. The summed E-state index contributed by atoms with van der Waals surface area (Å²) in [5, 5.41) is 0. The fourth-order valence-corrected chi connectivity index (χ4v) is 1.59. The van der Waals surface area contributed by atoms with Crippen LogP contribution in [-0.2, 0) is 0 Å². The molecule has 0 bridgehead atoms. The molecule has 0 saturated heterocycles. The van der Waals surface area contributed by atoms with E-state index in [0.29, 0.717) is 5.92 Å². The van der Waals surface area contributed by atoms with Crippen LogP contribution in [0.15, 0.2) is 84.6 Å². The molecule has 0 nitrogen and oxygen atoms in total. The minimum Gasteiger partial charge on any atom is -0.0732 e. The van der Waals surface area contributed by atoms with Crippen molar-refractivity contribution in [2.45, 2.75) is 0 Å². The van der Waals surface area contributed by atoms with Crippen molar-refractivity contribution in [1.82, 2.24) is 0 Å². The van der Waals surface area contributed by atoms with E-state index in [1.54, 1.807) is 0 Å². The Bertz CT molecular complexity index is 409. The molecule has 0 fully saturated rings. The van der Waals surface area contributed by atoms with Crippen molar-refractivity contribution in [2.75, 3.05) is 0 Å². The third kappa shape index (κ3) is 2.81. The molecule has 74 valence electrons. The first-order chi connectivity index (χ1) is 7.47. The molecule has 2 rings (SSSR count). The third-order valence-electron chi connectivity index (χ3n) is 2.38. The third-order valence-corrected chi connectivity index (χ3v) is 2.38. The molecule has 2 aliphatic carbocycles. The predicted octanol–water partition coefficient (Wildman–Crippen LogP) is 3.89. The molecule has 2 aliphatic rings. The van der Waals surface area contributed by atoms with E-state index >= 15 is 0 Å². The lowest BCUT2D eigenvalue weighted by atomic mass is 10.0. The zero-order valence-electron chi connectivity index (χ0n) is 8.58. The van der Waals surface area contributed by atoms with Crippen LogP contribution >= 0.6 is 0 Å². The summed E-state index contributed by atoms with van der Waals surface area (Å²) >= 11 is 0. The highest BCUT2D eigenvalue weighted by Crippen LogP contribution is 2.21. The molecule has 0 aromatic rings. The first-order valence-corrected chi connectivity index (χ1v) is 5.20. The molecule has 0 spiro atoms. The molecule has 0 heteroatoms. The number of fused-ring (bicyclic) bond motifs is 1. The molecule has 0 heterocycles. The van der Waals surface area contributed by atoms with Crippen molar-refractivity contribution in [3.8, 4) is 0 Å². The first kappa shape index (κ1) is 9.72. The van der Waals surface area contributed by atoms with E-state index in [4.69, 9.17) is 0 Å². The van der Waals surface area contributed by atoms with Crippen molar-refractivity contribution in [2.24, 2.45) is 5.92 Å². The van der Waals surface area contributed by atoms with Crippen LogP contribution in [0.2, 0.25) is 0 Å². The average Bonchev–Trinajstić information content (AvgIpc) is 2.65. The molecule has 15 heavy (non-hydrogen) atoms. The Morgan fingerprint density at radius 3 is 2.00 bits per heavy atom. The molecular formula is C15H14. The van der Waals surface area contributed by atoms with E-state index in [-0.39, 0.29) is 0 Å². The predicted molar refractivity (Wildman–Crippen MR) is 66.4 cm³/mol. The molecule has 0 amide bonds. The van der Waals surface area contributed by atoms with Crippen LogP contribution in [0.1, 0.15) is 0 Å². The van der Waals surface area contributed by atoms with Crippen LogP contribution in [0.25, 0.3) is 0 Å². The van der Waals surface area contributed by atoms with Crippen molar-refractivity contribution >= 4 is 0 Å². The van der Waals surface area contributed by atoms with Crippen LogP contribution in [0.4, 0.5) is 0 Å². The van der Waals surface area contributed by atoms with Crippen molar-refractivity contribution in [1.29, 1.82) is 0 Å². The standard InChI is InChI=1S/C15H14/c1-2-4-6-8-11-15-13-9-12-14(15)10-7-5-3-1/h1-14H/b2-1+,5-3-,6-4-,10-7-,11-8?. The van der Waals surface area contributed by atoms with E-state index in [0.717, 1.165) is 0 Å². The average molecular weight is 194 g/mol. The monoisotopic (exact) mass is 194 g/mol. The Hall–Kier alpha value is -1.82. The highest BCUT2D eigenvalue weighted by atomic mass is 14.1. The quantitative estimate of drug-likeness (QED) is 0.548. The summed E-state index contributed by atoms with van der Waals surface area (Å²) in [6.45, 7) is 0. The van der Waals surface area contributed by atoms with E-state index < -0.39 is 0 Å². The van der Waals surface area contributed by atoms with Gasteiger partial charge < -0.3 is 0 Å². The summed E-state index contributed by atoms with van der Waals surface area (Å²) in [5.41, 5.74) is 1.34. The van der Waals surface area contributed by atoms with E-state index in [1.165, 1.54) is 5.57 Å². The first-order valence-electron chi connectivity index (χ1n) is 5.20. The number of allylic oxidation sites excluding steroid dienone is 14. The Morgan fingerprint density at radius 2 is 1.20 bits per heavy atom. The molecule has 1 unspecified atom stereocenters. The van der Waals surface area contributed by atoms with Gasteiger partial charge in [-0.1, -0.05) is 79.0 Å². The Kier molecular flexibility index (Phi) is 3.34. The highest BCUT2D eigenvalue weighted by molar-refractivity contribution is 5.40. The van der Waals surface area contributed by atoms with Gasteiger partial charge in [0.1, 0.15) is 0 Å². The maximum atomic E-state index is 2.20. The van der Waals surface area contributed by atoms with Gasteiger partial charge in [-0.05, 0) is 5.57 Å².